The van der Waals surface area contributed by atoms with Crippen molar-refractivity contribution in [1.29, 1.82) is 0 Å². The zero-order valence-corrected chi connectivity index (χ0v) is 8.90. The second-order valence-corrected chi connectivity index (χ2v) is 3.35. The molecule has 66 valence electrons. The summed E-state index contributed by atoms with van der Waals surface area (Å²) >= 11 is 3.38. The number of aromatic nitrogens is 1. The van der Waals surface area contributed by atoms with E-state index < -0.39 is 0 Å². The monoisotopic (exact) mass is 230 g/mol. The lowest BCUT2D eigenvalue weighted by molar-refractivity contribution is 0.408. The Morgan fingerprint density at radius 2 is 2.00 bits per heavy atom. The second kappa shape index (κ2) is 3.31. The highest BCUT2D eigenvalue weighted by Gasteiger charge is 2.10. The molecular weight excluding hydrogens is 220 g/mol. The number of pyridine rings is 1. The number of halogens is 1. The highest BCUT2D eigenvalue weighted by atomic mass is 79.9. The molecule has 3 nitrogen and oxygen atoms in total. The van der Waals surface area contributed by atoms with Crippen molar-refractivity contribution in [3.05, 3.63) is 15.7 Å². The molecular formula is C8H11BrN2O. The average Bonchev–Trinajstić information content (AvgIpc) is 2.02. The summed E-state index contributed by atoms with van der Waals surface area (Å²) in [5.41, 5.74) is 7.37. The van der Waals surface area contributed by atoms with Crippen LogP contribution < -0.4 is 10.5 Å². The SMILES string of the molecule is COc1c(C)c(N)nc(C)c1Br. The molecule has 0 spiro atoms. The molecule has 0 aliphatic carbocycles. The molecule has 1 aromatic rings. The summed E-state index contributed by atoms with van der Waals surface area (Å²) in [6.45, 7) is 3.76. The zero-order chi connectivity index (χ0) is 9.30. The maximum Gasteiger partial charge on any atom is 0.141 e. The van der Waals surface area contributed by atoms with Crippen molar-refractivity contribution < 1.29 is 4.74 Å². The number of anilines is 1. The van der Waals surface area contributed by atoms with Crippen LogP contribution in [0.3, 0.4) is 0 Å². The topological polar surface area (TPSA) is 48.1 Å². The summed E-state index contributed by atoms with van der Waals surface area (Å²) in [4.78, 5) is 4.13. The molecule has 0 radical (unpaired) electrons. The van der Waals surface area contributed by atoms with Gasteiger partial charge in [0.1, 0.15) is 11.6 Å². The van der Waals surface area contributed by atoms with Gasteiger partial charge in [-0.05, 0) is 29.8 Å². The number of nitrogens with two attached hydrogens (primary N) is 1. The van der Waals surface area contributed by atoms with Gasteiger partial charge in [-0.2, -0.15) is 0 Å². The van der Waals surface area contributed by atoms with Gasteiger partial charge in [-0.1, -0.05) is 0 Å². The summed E-state index contributed by atoms with van der Waals surface area (Å²) in [6, 6.07) is 0. The average molecular weight is 231 g/mol. The fraction of sp³-hybridized carbons (Fsp3) is 0.375. The van der Waals surface area contributed by atoms with Crippen LogP contribution in [0.15, 0.2) is 4.47 Å². The highest BCUT2D eigenvalue weighted by molar-refractivity contribution is 9.10. The van der Waals surface area contributed by atoms with Crippen LogP contribution in [0.2, 0.25) is 0 Å². The molecule has 4 heteroatoms. The normalized spacial score (nSPS) is 10.0. The van der Waals surface area contributed by atoms with Gasteiger partial charge in [0.2, 0.25) is 0 Å². The first-order valence-electron chi connectivity index (χ1n) is 3.54. The van der Waals surface area contributed by atoms with E-state index in [9.17, 15) is 0 Å². The van der Waals surface area contributed by atoms with Crippen molar-refractivity contribution in [1.82, 2.24) is 4.98 Å². The van der Waals surface area contributed by atoms with Gasteiger partial charge in [0.15, 0.2) is 0 Å². The third-order valence-electron chi connectivity index (χ3n) is 1.73. The van der Waals surface area contributed by atoms with Gasteiger partial charge in [-0.3, -0.25) is 0 Å². The van der Waals surface area contributed by atoms with Gasteiger partial charge in [-0.15, -0.1) is 0 Å². The van der Waals surface area contributed by atoms with E-state index in [-0.39, 0.29) is 0 Å². The van der Waals surface area contributed by atoms with Crippen LogP contribution in [0.25, 0.3) is 0 Å². The van der Waals surface area contributed by atoms with Gasteiger partial charge in [0.05, 0.1) is 17.3 Å². The highest BCUT2D eigenvalue weighted by Crippen LogP contribution is 2.32. The predicted molar refractivity (Wildman–Crippen MR) is 52.4 cm³/mol. The molecule has 0 amide bonds. The fourth-order valence-corrected chi connectivity index (χ4v) is 1.55. The van der Waals surface area contributed by atoms with E-state index in [1.54, 1.807) is 7.11 Å². The molecule has 1 heterocycles. The quantitative estimate of drug-likeness (QED) is 0.804. The number of ether oxygens (including phenoxy) is 1. The van der Waals surface area contributed by atoms with Gasteiger partial charge < -0.3 is 10.5 Å². The van der Waals surface area contributed by atoms with E-state index in [4.69, 9.17) is 10.5 Å². The number of methoxy groups -OCH3 is 1. The minimum absolute atomic E-state index is 0.521. The lowest BCUT2D eigenvalue weighted by Gasteiger charge is -2.10. The van der Waals surface area contributed by atoms with E-state index in [2.05, 4.69) is 20.9 Å². The minimum atomic E-state index is 0.521. The van der Waals surface area contributed by atoms with Crippen molar-refractivity contribution in [2.24, 2.45) is 0 Å². The Kier molecular flexibility index (Phi) is 2.57. The first-order valence-corrected chi connectivity index (χ1v) is 4.33. The van der Waals surface area contributed by atoms with Crippen LogP contribution in [0.5, 0.6) is 5.75 Å². The second-order valence-electron chi connectivity index (χ2n) is 2.55. The Labute approximate surface area is 80.1 Å². The third-order valence-corrected chi connectivity index (χ3v) is 2.67. The van der Waals surface area contributed by atoms with Crippen LogP contribution in [0.1, 0.15) is 11.3 Å². The number of nitrogens with zero attached hydrogens (tertiary/aromatic N) is 1. The molecule has 0 aliphatic heterocycles. The molecule has 2 N–H and O–H groups in total. The van der Waals surface area contributed by atoms with Crippen molar-refractivity contribution in [3.63, 3.8) is 0 Å². The number of hydrogen-bond donors (Lipinski definition) is 1. The molecule has 1 aromatic heterocycles. The van der Waals surface area contributed by atoms with Gasteiger partial charge in [0.25, 0.3) is 0 Å². The van der Waals surface area contributed by atoms with Crippen LogP contribution >= 0.6 is 15.9 Å². The fourth-order valence-electron chi connectivity index (χ4n) is 1.00. The van der Waals surface area contributed by atoms with E-state index in [1.165, 1.54) is 0 Å². The molecule has 0 bridgehead atoms. The smallest absolute Gasteiger partial charge is 0.141 e. The Morgan fingerprint density at radius 1 is 1.42 bits per heavy atom. The number of rotatable bonds is 1. The Morgan fingerprint density at radius 3 is 2.50 bits per heavy atom. The van der Waals surface area contributed by atoms with Gasteiger partial charge >= 0.3 is 0 Å². The molecule has 0 aliphatic rings. The molecule has 0 saturated carbocycles. The first kappa shape index (κ1) is 9.32. The number of nitrogen functional groups attached to an aromatic ring is 1. The maximum atomic E-state index is 5.65. The molecule has 0 atom stereocenters. The van der Waals surface area contributed by atoms with Crippen molar-refractivity contribution in [3.8, 4) is 5.75 Å². The van der Waals surface area contributed by atoms with Crippen molar-refractivity contribution in [2.75, 3.05) is 12.8 Å². The molecule has 0 saturated heterocycles. The van der Waals surface area contributed by atoms with Crippen molar-refractivity contribution in [2.45, 2.75) is 13.8 Å². The Bertz CT molecular complexity index is 286. The Balaban J connectivity index is 3.42. The van der Waals surface area contributed by atoms with E-state index >= 15 is 0 Å². The Hall–Kier alpha value is -0.770. The van der Waals surface area contributed by atoms with Crippen LogP contribution in [0, 0.1) is 13.8 Å². The summed E-state index contributed by atoms with van der Waals surface area (Å²) in [5, 5.41) is 0. The van der Waals surface area contributed by atoms with Crippen molar-refractivity contribution >= 4 is 21.7 Å². The third kappa shape index (κ3) is 1.39. The molecule has 1 rings (SSSR count). The number of aryl methyl sites for hydroxylation is 1. The largest absolute Gasteiger partial charge is 0.495 e. The van der Waals surface area contributed by atoms with Crippen LogP contribution in [-0.4, -0.2) is 12.1 Å². The summed E-state index contributed by atoms with van der Waals surface area (Å²) in [6.07, 6.45) is 0. The molecule has 0 aromatic carbocycles. The lowest BCUT2D eigenvalue weighted by atomic mass is 10.2. The standard InChI is InChI=1S/C8H11BrN2O/c1-4-7(12-3)6(9)5(2)11-8(4)10/h1-3H3,(H2,10,11). The summed E-state index contributed by atoms with van der Waals surface area (Å²) < 4.78 is 6.04. The van der Waals surface area contributed by atoms with Crippen LogP contribution in [-0.2, 0) is 0 Å². The van der Waals surface area contributed by atoms with E-state index in [0.717, 1.165) is 21.5 Å². The van der Waals surface area contributed by atoms with Gasteiger partial charge in [-0.25, -0.2) is 4.98 Å². The lowest BCUT2D eigenvalue weighted by Crippen LogP contribution is -2.00. The van der Waals surface area contributed by atoms with Gasteiger partial charge in [0, 0.05) is 5.56 Å². The first-order chi connectivity index (χ1) is 5.57. The summed E-state index contributed by atoms with van der Waals surface area (Å²) in [7, 11) is 1.62. The predicted octanol–water partition coefficient (Wildman–Crippen LogP) is 2.05. The molecule has 12 heavy (non-hydrogen) atoms. The minimum Gasteiger partial charge on any atom is -0.495 e. The summed E-state index contributed by atoms with van der Waals surface area (Å²) in [5.74, 6) is 1.28. The van der Waals surface area contributed by atoms with E-state index in [0.29, 0.717) is 5.82 Å². The number of hydrogen-bond acceptors (Lipinski definition) is 3. The maximum absolute atomic E-state index is 5.65. The van der Waals surface area contributed by atoms with Crippen LogP contribution in [0.4, 0.5) is 5.82 Å². The zero-order valence-electron chi connectivity index (χ0n) is 7.31. The molecule has 0 fully saturated rings. The molecule has 0 unspecified atom stereocenters. The van der Waals surface area contributed by atoms with E-state index in [1.807, 2.05) is 13.8 Å².